The number of anilines is 1. The zero-order valence-electron chi connectivity index (χ0n) is 15.4. The lowest BCUT2D eigenvalue weighted by Crippen LogP contribution is -2.35. The monoisotopic (exact) mass is 388 g/mol. The van der Waals surface area contributed by atoms with Crippen molar-refractivity contribution in [3.63, 3.8) is 0 Å². The van der Waals surface area contributed by atoms with E-state index in [1.165, 1.54) is 4.90 Å². The predicted octanol–water partition coefficient (Wildman–Crippen LogP) is 3.39. The molecule has 0 bridgehead atoms. The molecular formula is C19H21ClN4O3. The highest BCUT2D eigenvalue weighted by Crippen LogP contribution is 2.37. The van der Waals surface area contributed by atoms with Gasteiger partial charge in [0, 0.05) is 26.1 Å². The van der Waals surface area contributed by atoms with E-state index in [0.29, 0.717) is 35.3 Å². The Bertz CT molecular complexity index is 885. The van der Waals surface area contributed by atoms with E-state index in [1.807, 2.05) is 12.1 Å². The number of nitrogens with one attached hydrogen (secondary N) is 2. The van der Waals surface area contributed by atoms with Crippen LogP contribution in [0.4, 0.5) is 10.6 Å². The Morgan fingerprint density at radius 3 is 2.78 bits per heavy atom. The van der Waals surface area contributed by atoms with E-state index in [1.54, 1.807) is 39.2 Å². The van der Waals surface area contributed by atoms with E-state index in [0.717, 1.165) is 11.1 Å². The van der Waals surface area contributed by atoms with Gasteiger partial charge in [-0.3, -0.25) is 10.1 Å². The molecule has 27 heavy (non-hydrogen) atoms. The van der Waals surface area contributed by atoms with E-state index < -0.39 is 6.03 Å². The van der Waals surface area contributed by atoms with Crippen molar-refractivity contribution in [1.82, 2.24) is 15.2 Å². The van der Waals surface area contributed by atoms with Crippen molar-refractivity contribution in [2.75, 3.05) is 26.0 Å². The third-order valence-corrected chi connectivity index (χ3v) is 4.58. The maximum Gasteiger partial charge on any atom is 0.320 e. The van der Waals surface area contributed by atoms with E-state index in [4.69, 9.17) is 16.3 Å². The van der Waals surface area contributed by atoms with Gasteiger partial charge in [-0.2, -0.15) is 0 Å². The summed E-state index contributed by atoms with van der Waals surface area (Å²) in [6.45, 7) is 2.27. The molecule has 1 aromatic carbocycles. The number of urea groups is 1. The number of carbonyl (C=O) groups excluding carboxylic acids is 2. The van der Waals surface area contributed by atoms with Crippen LogP contribution in [0.5, 0.6) is 5.75 Å². The van der Waals surface area contributed by atoms with Crippen LogP contribution in [0.2, 0.25) is 5.02 Å². The van der Waals surface area contributed by atoms with Gasteiger partial charge in [-0.25, -0.2) is 9.78 Å². The number of para-hydroxylation sites is 1. The second-order valence-electron chi connectivity index (χ2n) is 6.51. The zero-order valence-corrected chi connectivity index (χ0v) is 16.1. The van der Waals surface area contributed by atoms with Crippen molar-refractivity contribution in [3.8, 4) is 5.75 Å². The maximum atomic E-state index is 12.4. The summed E-state index contributed by atoms with van der Waals surface area (Å²) in [5.74, 6) is 0.689. The van der Waals surface area contributed by atoms with E-state index in [2.05, 4.69) is 15.6 Å². The third kappa shape index (κ3) is 4.14. The van der Waals surface area contributed by atoms with Crippen LogP contribution in [-0.2, 0) is 0 Å². The first-order chi connectivity index (χ1) is 12.9. The lowest BCUT2D eigenvalue weighted by atomic mass is 10.0. The molecule has 0 aliphatic carbocycles. The van der Waals surface area contributed by atoms with Gasteiger partial charge < -0.3 is 15.0 Å². The molecule has 0 saturated carbocycles. The van der Waals surface area contributed by atoms with Gasteiger partial charge >= 0.3 is 6.03 Å². The number of rotatable bonds is 3. The first-order valence-electron chi connectivity index (χ1n) is 8.55. The molecule has 1 aromatic heterocycles. The van der Waals surface area contributed by atoms with Gasteiger partial charge in [-0.1, -0.05) is 29.8 Å². The summed E-state index contributed by atoms with van der Waals surface area (Å²) in [5, 5.41) is 6.12. The molecule has 1 aliphatic rings. The van der Waals surface area contributed by atoms with Gasteiger partial charge in [0.1, 0.15) is 17.3 Å². The largest absolute Gasteiger partial charge is 0.492 e. The maximum absolute atomic E-state index is 12.4. The Morgan fingerprint density at radius 2 is 2.04 bits per heavy atom. The van der Waals surface area contributed by atoms with Crippen LogP contribution < -0.4 is 15.4 Å². The lowest BCUT2D eigenvalue weighted by Gasteiger charge is -2.27. The highest BCUT2D eigenvalue weighted by molar-refractivity contribution is 6.32. The number of hydrogen-bond donors (Lipinski definition) is 2. The average molecular weight is 389 g/mol. The number of halogens is 1. The van der Waals surface area contributed by atoms with Gasteiger partial charge in [0.25, 0.3) is 5.91 Å². The second-order valence-corrected chi connectivity index (χ2v) is 6.92. The number of amides is 3. The number of fused-ring (bicyclic) bond motifs is 1. The number of nitrogens with zero attached hydrogens (tertiary/aromatic N) is 2. The predicted molar refractivity (Wildman–Crippen MR) is 103 cm³/mol. The van der Waals surface area contributed by atoms with Crippen LogP contribution >= 0.6 is 11.6 Å². The van der Waals surface area contributed by atoms with E-state index in [9.17, 15) is 9.59 Å². The number of pyridine rings is 1. The molecule has 2 aromatic rings. The lowest BCUT2D eigenvalue weighted by molar-refractivity contribution is 0.0821. The van der Waals surface area contributed by atoms with E-state index in [-0.39, 0.29) is 11.9 Å². The Morgan fingerprint density at radius 1 is 1.26 bits per heavy atom. The number of aromatic nitrogens is 1. The molecule has 0 spiro atoms. The van der Waals surface area contributed by atoms with Crippen molar-refractivity contribution >= 4 is 29.4 Å². The summed E-state index contributed by atoms with van der Waals surface area (Å²) in [4.78, 5) is 30.4. The smallest absolute Gasteiger partial charge is 0.320 e. The first kappa shape index (κ1) is 19.0. The molecular weight excluding hydrogens is 368 g/mol. The summed E-state index contributed by atoms with van der Waals surface area (Å²) in [7, 11) is 3.31. The summed E-state index contributed by atoms with van der Waals surface area (Å²) >= 11 is 6.16. The molecule has 3 rings (SSSR count). The van der Waals surface area contributed by atoms with Crippen molar-refractivity contribution in [2.45, 2.75) is 19.4 Å². The minimum atomic E-state index is -0.410. The van der Waals surface area contributed by atoms with Crippen LogP contribution in [0.1, 0.15) is 34.1 Å². The van der Waals surface area contributed by atoms with Gasteiger partial charge in [0.15, 0.2) is 0 Å². The third-order valence-electron chi connectivity index (χ3n) is 4.28. The Hall–Kier alpha value is -2.80. The van der Waals surface area contributed by atoms with Gasteiger partial charge in [0.2, 0.25) is 0 Å². The number of benzene rings is 1. The SMILES string of the molecule is Cc1ccc(NC(=O)N[C@H]2CCOc3c(Cl)cccc32)nc1C(=O)N(C)C. The van der Waals surface area contributed by atoms with Crippen molar-refractivity contribution in [1.29, 1.82) is 0 Å². The summed E-state index contributed by atoms with van der Waals surface area (Å²) < 4.78 is 5.60. The molecule has 0 saturated heterocycles. The summed E-state index contributed by atoms with van der Waals surface area (Å²) in [5.41, 5.74) is 1.89. The van der Waals surface area contributed by atoms with Gasteiger partial charge in [-0.05, 0) is 24.6 Å². The van der Waals surface area contributed by atoms with Crippen LogP contribution in [0.15, 0.2) is 30.3 Å². The molecule has 2 heterocycles. The summed E-state index contributed by atoms with van der Waals surface area (Å²) in [6.07, 6.45) is 0.631. The Balaban J connectivity index is 1.73. The molecule has 3 amide bonds. The van der Waals surface area contributed by atoms with Crippen LogP contribution in [-0.4, -0.2) is 42.5 Å². The molecule has 0 fully saturated rings. The molecule has 0 unspecified atom stereocenters. The number of ether oxygens (including phenoxy) is 1. The Labute approximate surface area is 162 Å². The Kier molecular flexibility index (Phi) is 5.51. The molecule has 1 aliphatic heterocycles. The van der Waals surface area contributed by atoms with Crippen molar-refractivity contribution in [2.24, 2.45) is 0 Å². The fourth-order valence-corrected chi connectivity index (χ4v) is 3.11. The fraction of sp³-hybridized carbons (Fsp3) is 0.316. The normalized spacial score (nSPS) is 15.3. The molecule has 142 valence electrons. The number of carbonyl (C=O) groups is 2. The standard InChI is InChI=1S/C19H21ClN4O3/c1-11-7-8-15(22-16(11)18(25)24(2)3)23-19(26)21-14-9-10-27-17-12(14)5-4-6-13(17)20/h4-8,14H,9-10H2,1-3H3,(H2,21,22,23,26)/t14-/m0/s1. The second kappa shape index (κ2) is 7.84. The van der Waals surface area contributed by atoms with Crippen LogP contribution in [0.3, 0.4) is 0 Å². The van der Waals surface area contributed by atoms with Crippen molar-refractivity contribution < 1.29 is 14.3 Å². The van der Waals surface area contributed by atoms with Crippen molar-refractivity contribution in [3.05, 3.63) is 52.2 Å². The minimum absolute atomic E-state index is 0.218. The van der Waals surface area contributed by atoms with Gasteiger partial charge in [-0.15, -0.1) is 0 Å². The molecule has 1 atom stereocenters. The molecule has 0 radical (unpaired) electrons. The highest BCUT2D eigenvalue weighted by atomic mass is 35.5. The first-order valence-corrected chi connectivity index (χ1v) is 8.92. The average Bonchev–Trinajstić information content (AvgIpc) is 2.63. The minimum Gasteiger partial charge on any atom is -0.492 e. The van der Waals surface area contributed by atoms with Crippen LogP contribution in [0.25, 0.3) is 0 Å². The number of aryl methyl sites for hydroxylation is 1. The molecule has 7 nitrogen and oxygen atoms in total. The molecule has 2 N–H and O–H groups in total. The number of hydrogen-bond acceptors (Lipinski definition) is 4. The topological polar surface area (TPSA) is 83.6 Å². The summed E-state index contributed by atoms with van der Waals surface area (Å²) in [6, 6.07) is 8.24. The zero-order chi connectivity index (χ0) is 19.6. The van der Waals surface area contributed by atoms with Crippen LogP contribution in [0, 0.1) is 6.92 Å². The van der Waals surface area contributed by atoms with E-state index >= 15 is 0 Å². The molecule has 8 heteroatoms. The quantitative estimate of drug-likeness (QED) is 0.844. The fourth-order valence-electron chi connectivity index (χ4n) is 2.87. The highest BCUT2D eigenvalue weighted by Gasteiger charge is 2.25. The van der Waals surface area contributed by atoms with Gasteiger partial charge in [0.05, 0.1) is 17.7 Å².